The summed E-state index contributed by atoms with van der Waals surface area (Å²) in [4.78, 5) is 7.99. The van der Waals surface area contributed by atoms with Gasteiger partial charge in [-0.2, -0.15) is 5.26 Å². The quantitative estimate of drug-likeness (QED) is 0.939. The first-order valence-electron chi connectivity index (χ1n) is 5.59. The predicted octanol–water partition coefficient (Wildman–Crippen LogP) is 3.31. The van der Waals surface area contributed by atoms with E-state index in [0.717, 1.165) is 12.0 Å². The number of rotatable bonds is 4. The van der Waals surface area contributed by atoms with Gasteiger partial charge in [0.2, 0.25) is 0 Å². The molecule has 0 aliphatic heterocycles. The molecule has 2 aromatic rings. The summed E-state index contributed by atoms with van der Waals surface area (Å²) in [6.07, 6.45) is 3.75. The van der Waals surface area contributed by atoms with Gasteiger partial charge in [-0.15, -0.1) is 0 Å². The lowest BCUT2D eigenvalue weighted by Crippen LogP contribution is -2.08. The van der Waals surface area contributed by atoms with Gasteiger partial charge in [0, 0.05) is 29.0 Å². The third-order valence-corrected chi connectivity index (χ3v) is 2.87. The fourth-order valence-corrected chi connectivity index (χ4v) is 2.20. The molecule has 0 fully saturated rings. The van der Waals surface area contributed by atoms with Gasteiger partial charge in [0.25, 0.3) is 0 Å². The maximum atomic E-state index is 8.88. The number of hydrogen-bond acceptors (Lipinski definition) is 4. The Morgan fingerprint density at radius 2 is 1.79 bits per heavy atom. The second-order valence-corrected chi connectivity index (χ2v) is 4.69. The summed E-state index contributed by atoms with van der Waals surface area (Å²) in [5.41, 5.74) is 1.30. The fourth-order valence-electron chi connectivity index (χ4n) is 1.63. The zero-order valence-corrected chi connectivity index (χ0v) is 11.4. The standard InChI is InChI=1S/C13H10Cl2N4/c14-10-5-9(6-11(15)7-10)1-2-18-13-12(8-16)17-3-4-19-13/h3-7H,1-2H2,(H,18,19). The summed E-state index contributed by atoms with van der Waals surface area (Å²) in [5.74, 6) is 0.484. The Morgan fingerprint density at radius 3 is 2.47 bits per heavy atom. The van der Waals surface area contributed by atoms with Gasteiger partial charge in [0.1, 0.15) is 6.07 Å². The Hall–Kier alpha value is -1.83. The van der Waals surface area contributed by atoms with E-state index in [2.05, 4.69) is 15.3 Å². The van der Waals surface area contributed by atoms with Crippen molar-refractivity contribution in [2.75, 3.05) is 11.9 Å². The van der Waals surface area contributed by atoms with Crippen LogP contribution in [0.5, 0.6) is 0 Å². The molecule has 0 aliphatic rings. The largest absolute Gasteiger partial charge is 0.367 e. The molecule has 0 bridgehead atoms. The van der Waals surface area contributed by atoms with Crippen molar-refractivity contribution in [1.29, 1.82) is 5.26 Å². The molecular weight excluding hydrogens is 283 g/mol. The Labute approximate surface area is 121 Å². The molecule has 0 saturated carbocycles. The van der Waals surface area contributed by atoms with Crippen molar-refractivity contribution >= 4 is 29.0 Å². The number of nitrogens with one attached hydrogen (secondary N) is 1. The molecular formula is C13H10Cl2N4. The number of hydrogen-bond donors (Lipinski definition) is 1. The van der Waals surface area contributed by atoms with E-state index in [0.29, 0.717) is 22.4 Å². The molecule has 6 heteroatoms. The van der Waals surface area contributed by atoms with Crippen LogP contribution in [0.1, 0.15) is 11.3 Å². The number of nitriles is 1. The van der Waals surface area contributed by atoms with Gasteiger partial charge in [-0.05, 0) is 30.2 Å². The van der Waals surface area contributed by atoms with Crippen LogP contribution in [0.25, 0.3) is 0 Å². The second kappa shape index (κ2) is 6.37. The zero-order chi connectivity index (χ0) is 13.7. The van der Waals surface area contributed by atoms with Crippen molar-refractivity contribution in [2.24, 2.45) is 0 Å². The van der Waals surface area contributed by atoms with Gasteiger partial charge in [-0.25, -0.2) is 9.97 Å². The van der Waals surface area contributed by atoms with E-state index in [1.54, 1.807) is 12.3 Å². The first kappa shape index (κ1) is 13.6. The van der Waals surface area contributed by atoms with Crippen LogP contribution >= 0.6 is 23.2 Å². The third kappa shape index (κ3) is 3.82. The number of halogens is 2. The topological polar surface area (TPSA) is 61.6 Å². The smallest absolute Gasteiger partial charge is 0.182 e. The summed E-state index contributed by atoms with van der Waals surface area (Å²) in [6, 6.07) is 7.39. The molecule has 0 radical (unpaired) electrons. The lowest BCUT2D eigenvalue weighted by atomic mass is 10.1. The number of benzene rings is 1. The zero-order valence-electron chi connectivity index (χ0n) is 9.90. The van der Waals surface area contributed by atoms with Gasteiger partial charge >= 0.3 is 0 Å². The molecule has 0 amide bonds. The highest BCUT2D eigenvalue weighted by atomic mass is 35.5. The van der Waals surface area contributed by atoms with Crippen molar-refractivity contribution < 1.29 is 0 Å². The summed E-state index contributed by atoms with van der Waals surface area (Å²) in [6.45, 7) is 0.615. The maximum absolute atomic E-state index is 8.88. The molecule has 19 heavy (non-hydrogen) atoms. The molecule has 1 N–H and O–H groups in total. The Bertz CT molecular complexity index is 602. The first-order chi connectivity index (χ1) is 9.19. The van der Waals surface area contributed by atoms with Crippen LogP contribution in [0, 0.1) is 11.3 Å². The van der Waals surface area contributed by atoms with E-state index in [1.807, 2.05) is 18.2 Å². The Kier molecular flexibility index (Phi) is 4.56. The summed E-state index contributed by atoms with van der Waals surface area (Å²) in [5, 5.41) is 13.2. The molecule has 1 aromatic carbocycles. The van der Waals surface area contributed by atoms with Crippen molar-refractivity contribution in [1.82, 2.24) is 9.97 Å². The summed E-state index contributed by atoms with van der Waals surface area (Å²) < 4.78 is 0. The molecule has 0 spiro atoms. The minimum Gasteiger partial charge on any atom is -0.367 e. The SMILES string of the molecule is N#Cc1nccnc1NCCc1cc(Cl)cc(Cl)c1. The van der Waals surface area contributed by atoms with Crippen molar-refractivity contribution in [2.45, 2.75) is 6.42 Å². The highest BCUT2D eigenvalue weighted by Gasteiger charge is 2.03. The van der Waals surface area contributed by atoms with Crippen molar-refractivity contribution in [3.8, 4) is 6.07 Å². The van der Waals surface area contributed by atoms with Crippen LogP contribution in [0.15, 0.2) is 30.6 Å². The van der Waals surface area contributed by atoms with Gasteiger partial charge in [-0.3, -0.25) is 0 Å². The lowest BCUT2D eigenvalue weighted by Gasteiger charge is -2.07. The predicted molar refractivity (Wildman–Crippen MR) is 75.4 cm³/mol. The van der Waals surface area contributed by atoms with Gasteiger partial charge in [0.15, 0.2) is 11.5 Å². The third-order valence-electron chi connectivity index (χ3n) is 2.43. The van der Waals surface area contributed by atoms with Crippen LogP contribution < -0.4 is 5.32 Å². The minimum absolute atomic E-state index is 0.284. The molecule has 2 rings (SSSR count). The minimum atomic E-state index is 0.284. The van der Waals surface area contributed by atoms with E-state index in [9.17, 15) is 0 Å². The van der Waals surface area contributed by atoms with Crippen LogP contribution in [-0.2, 0) is 6.42 Å². The average molecular weight is 293 g/mol. The molecule has 1 heterocycles. The van der Waals surface area contributed by atoms with E-state index < -0.39 is 0 Å². The maximum Gasteiger partial charge on any atom is 0.182 e. The molecule has 1 aromatic heterocycles. The lowest BCUT2D eigenvalue weighted by molar-refractivity contribution is 0.995. The summed E-state index contributed by atoms with van der Waals surface area (Å²) >= 11 is 11.8. The van der Waals surface area contributed by atoms with Crippen LogP contribution in [0.4, 0.5) is 5.82 Å². The highest BCUT2D eigenvalue weighted by molar-refractivity contribution is 6.34. The van der Waals surface area contributed by atoms with Crippen LogP contribution in [0.3, 0.4) is 0 Å². The van der Waals surface area contributed by atoms with Crippen molar-refractivity contribution in [3.63, 3.8) is 0 Å². The second-order valence-electron chi connectivity index (χ2n) is 3.82. The van der Waals surface area contributed by atoms with Gasteiger partial charge < -0.3 is 5.32 Å². The molecule has 96 valence electrons. The van der Waals surface area contributed by atoms with E-state index in [-0.39, 0.29) is 5.69 Å². The molecule has 0 saturated heterocycles. The fraction of sp³-hybridized carbons (Fsp3) is 0.154. The van der Waals surface area contributed by atoms with Gasteiger partial charge in [0.05, 0.1) is 0 Å². The van der Waals surface area contributed by atoms with Gasteiger partial charge in [-0.1, -0.05) is 23.2 Å². The van der Waals surface area contributed by atoms with Crippen molar-refractivity contribution in [3.05, 3.63) is 51.9 Å². The number of aromatic nitrogens is 2. The summed E-state index contributed by atoms with van der Waals surface area (Å²) in [7, 11) is 0. The number of anilines is 1. The molecule has 0 aliphatic carbocycles. The van der Waals surface area contributed by atoms with Crippen LogP contribution in [-0.4, -0.2) is 16.5 Å². The molecule has 0 atom stereocenters. The van der Waals surface area contributed by atoms with E-state index >= 15 is 0 Å². The molecule has 0 unspecified atom stereocenters. The Morgan fingerprint density at radius 1 is 1.11 bits per heavy atom. The monoisotopic (exact) mass is 292 g/mol. The highest BCUT2D eigenvalue weighted by Crippen LogP contribution is 2.19. The Balaban J connectivity index is 1.98. The average Bonchev–Trinajstić information content (AvgIpc) is 2.38. The van der Waals surface area contributed by atoms with E-state index in [4.69, 9.17) is 28.5 Å². The number of nitrogens with zero attached hydrogens (tertiary/aromatic N) is 3. The van der Waals surface area contributed by atoms with Crippen LogP contribution in [0.2, 0.25) is 10.0 Å². The first-order valence-corrected chi connectivity index (χ1v) is 6.34. The van der Waals surface area contributed by atoms with E-state index in [1.165, 1.54) is 6.20 Å². The molecule has 4 nitrogen and oxygen atoms in total. The normalized spacial score (nSPS) is 9.95.